The van der Waals surface area contributed by atoms with Crippen LogP contribution in [0, 0.1) is 13.5 Å². The minimum Gasteiger partial charge on any atom is -0.315 e. The molecule has 1 nitrogen and oxygen atoms in total. The Kier molecular flexibility index (Phi) is 3.93. The van der Waals surface area contributed by atoms with Gasteiger partial charge in [-0.05, 0) is 13.5 Å². The number of hydrogen-bond donors (Lipinski definition) is 1. The second-order valence-corrected chi connectivity index (χ2v) is 0.781. The number of rotatable bonds is 2. The Balaban J connectivity index is 2.19. The van der Waals surface area contributed by atoms with Crippen molar-refractivity contribution in [1.82, 2.24) is 5.32 Å². The summed E-state index contributed by atoms with van der Waals surface area (Å²) in [5, 5.41) is 2.83. The molecule has 2 radical (unpaired) electrons. The molecule has 0 aliphatic heterocycles. The summed E-state index contributed by atoms with van der Waals surface area (Å²) in [6.07, 6.45) is 0.858. The van der Waals surface area contributed by atoms with E-state index in [9.17, 15) is 0 Å². The smallest absolute Gasteiger partial charge is 0.0218 e. The zero-order valence-corrected chi connectivity index (χ0v) is 3.49. The molecule has 0 aromatic rings. The molecule has 0 amide bonds. The molecule has 0 saturated carbocycles. The van der Waals surface area contributed by atoms with Gasteiger partial charge in [-0.1, -0.05) is 6.92 Å². The van der Waals surface area contributed by atoms with Crippen molar-refractivity contribution >= 4 is 0 Å². The first-order valence-electron chi connectivity index (χ1n) is 1.70. The van der Waals surface area contributed by atoms with E-state index >= 15 is 0 Å². The molecule has 0 saturated heterocycles. The first kappa shape index (κ1) is 4.96. The van der Waals surface area contributed by atoms with Crippen LogP contribution in [0.4, 0.5) is 0 Å². The Labute approximate surface area is 33.4 Å². The molecule has 0 spiro atoms. The van der Waals surface area contributed by atoms with Crippen LogP contribution in [0.15, 0.2) is 0 Å². The van der Waals surface area contributed by atoms with Crippen molar-refractivity contribution < 1.29 is 0 Å². The average molecular weight is 71.1 g/mol. The van der Waals surface area contributed by atoms with Gasteiger partial charge >= 0.3 is 0 Å². The summed E-state index contributed by atoms with van der Waals surface area (Å²) in [7, 11) is 1.87. The van der Waals surface area contributed by atoms with E-state index in [1.54, 1.807) is 0 Å². The molecule has 0 aromatic heterocycles. The van der Waals surface area contributed by atoms with Crippen LogP contribution >= 0.6 is 0 Å². The molecule has 1 N–H and O–H groups in total. The zero-order chi connectivity index (χ0) is 4.12. The molecule has 0 heterocycles. The van der Waals surface area contributed by atoms with E-state index in [-0.39, 0.29) is 0 Å². The lowest BCUT2D eigenvalue weighted by Crippen LogP contribution is -1.97. The highest BCUT2D eigenvalue weighted by molar-refractivity contribution is 4.56. The quantitative estimate of drug-likeness (QED) is 0.502. The van der Waals surface area contributed by atoms with Crippen LogP contribution < -0.4 is 5.32 Å². The predicted octanol–water partition coefficient (Wildman–Crippen LogP) is 0.592. The van der Waals surface area contributed by atoms with Gasteiger partial charge in [0.05, 0.1) is 0 Å². The van der Waals surface area contributed by atoms with Gasteiger partial charge < -0.3 is 5.32 Å². The Hall–Kier alpha value is -0.0400. The van der Waals surface area contributed by atoms with E-state index in [0.29, 0.717) is 0 Å². The standard InChI is InChI=1S/C4H9N/c1-3-4-5-2/h4-5H,1,3H2,2H3. The summed E-state index contributed by atoms with van der Waals surface area (Å²) in [6, 6.07) is 0. The normalized spacial score (nSPS) is 8.40. The van der Waals surface area contributed by atoms with E-state index in [0.717, 1.165) is 6.42 Å². The lowest BCUT2D eigenvalue weighted by atomic mass is 10.5. The van der Waals surface area contributed by atoms with Gasteiger partial charge in [-0.25, -0.2) is 0 Å². The molecule has 5 heavy (non-hydrogen) atoms. The zero-order valence-electron chi connectivity index (χ0n) is 3.49. The number of nitrogens with one attached hydrogen (secondary N) is 1. The second-order valence-electron chi connectivity index (χ2n) is 0.781. The third-order valence-corrected chi connectivity index (χ3v) is 0.348. The Morgan fingerprint density at radius 1 is 2.00 bits per heavy atom. The van der Waals surface area contributed by atoms with Crippen molar-refractivity contribution in [2.24, 2.45) is 0 Å². The predicted molar refractivity (Wildman–Crippen MR) is 23.3 cm³/mol. The van der Waals surface area contributed by atoms with Gasteiger partial charge in [-0.15, -0.1) is 0 Å². The van der Waals surface area contributed by atoms with Crippen molar-refractivity contribution in [2.45, 2.75) is 6.42 Å². The molecule has 30 valence electrons. The molecule has 0 unspecified atom stereocenters. The largest absolute Gasteiger partial charge is 0.315 e. The van der Waals surface area contributed by atoms with E-state index < -0.39 is 0 Å². The van der Waals surface area contributed by atoms with Gasteiger partial charge in [-0.3, -0.25) is 0 Å². The van der Waals surface area contributed by atoms with E-state index in [2.05, 4.69) is 12.2 Å². The maximum Gasteiger partial charge on any atom is 0.0218 e. The van der Waals surface area contributed by atoms with Crippen LogP contribution in [0.2, 0.25) is 0 Å². The van der Waals surface area contributed by atoms with Crippen molar-refractivity contribution in [3.05, 3.63) is 13.5 Å². The average Bonchev–Trinajstić information content (AvgIpc) is 1.41. The van der Waals surface area contributed by atoms with Crippen molar-refractivity contribution in [3.63, 3.8) is 0 Å². The lowest BCUT2D eigenvalue weighted by Gasteiger charge is -1.83. The summed E-state index contributed by atoms with van der Waals surface area (Å²) in [4.78, 5) is 0. The van der Waals surface area contributed by atoms with Gasteiger partial charge in [-0.2, -0.15) is 0 Å². The first-order valence-corrected chi connectivity index (χ1v) is 1.70. The van der Waals surface area contributed by atoms with Crippen molar-refractivity contribution in [2.75, 3.05) is 7.05 Å². The van der Waals surface area contributed by atoms with Crippen LogP contribution in [-0.2, 0) is 0 Å². The first-order chi connectivity index (χ1) is 2.41. The highest BCUT2D eigenvalue weighted by Gasteiger charge is 1.66. The fourth-order valence-corrected chi connectivity index (χ4v) is 0.144. The molecule has 0 aliphatic rings. The number of hydrogen-bond acceptors (Lipinski definition) is 1. The third-order valence-electron chi connectivity index (χ3n) is 0.348. The Bertz CT molecular complexity index is 11.1. The molecule has 0 aromatic carbocycles. The monoisotopic (exact) mass is 71.1 g/mol. The van der Waals surface area contributed by atoms with Gasteiger partial charge in [0, 0.05) is 6.54 Å². The van der Waals surface area contributed by atoms with Gasteiger partial charge in [0.15, 0.2) is 0 Å². The summed E-state index contributed by atoms with van der Waals surface area (Å²) >= 11 is 0. The minimum absolute atomic E-state index is 0.858. The van der Waals surface area contributed by atoms with Crippen molar-refractivity contribution in [1.29, 1.82) is 0 Å². The minimum atomic E-state index is 0.858. The highest BCUT2D eigenvalue weighted by atomic mass is 14.8. The van der Waals surface area contributed by atoms with Crippen LogP contribution in [0.1, 0.15) is 6.42 Å². The SMILES string of the molecule is [CH2]C[CH]NC. The fourth-order valence-electron chi connectivity index (χ4n) is 0.144. The molecule has 1 heteroatoms. The van der Waals surface area contributed by atoms with E-state index in [1.807, 2.05) is 13.6 Å². The molecule has 0 aliphatic carbocycles. The van der Waals surface area contributed by atoms with Gasteiger partial charge in [0.25, 0.3) is 0 Å². The van der Waals surface area contributed by atoms with Crippen LogP contribution in [0.3, 0.4) is 0 Å². The molecule has 0 bridgehead atoms. The molecule has 0 fully saturated rings. The van der Waals surface area contributed by atoms with Gasteiger partial charge in [0.1, 0.15) is 0 Å². The Morgan fingerprint density at radius 3 is 2.60 bits per heavy atom. The molecular formula is C4H9N. The van der Waals surface area contributed by atoms with Gasteiger partial charge in [0.2, 0.25) is 0 Å². The van der Waals surface area contributed by atoms with Crippen LogP contribution in [0.5, 0.6) is 0 Å². The molecule has 0 atom stereocenters. The topological polar surface area (TPSA) is 12.0 Å². The maximum atomic E-state index is 3.56. The van der Waals surface area contributed by atoms with Crippen LogP contribution in [0.25, 0.3) is 0 Å². The highest BCUT2D eigenvalue weighted by Crippen LogP contribution is 1.69. The molecular weight excluding hydrogens is 62.1 g/mol. The lowest BCUT2D eigenvalue weighted by molar-refractivity contribution is 0.930. The summed E-state index contributed by atoms with van der Waals surface area (Å²) in [5.41, 5.74) is 0. The summed E-state index contributed by atoms with van der Waals surface area (Å²) in [5.74, 6) is 0. The van der Waals surface area contributed by atoms with Crippen LogP contribution in [-0.4, -0.2) is 7.05 Å². The molecule has 0 rings (SSSR count). The third kappa shape index (κ3) is 3.96. The fraction of sp³-hybridized carbons (Fsp3) is 0.500. The Morgan fingerprint density at radius 2 is 2.60 bits per heavy atom. The summed E-state index contributed by atoms with van der Waals surface area (Å²) in [6.45, 7) is 5.45. The van der Waals surface area contributed by atoms with E-state index in [4.69, 9.17) is 0 Å². The second kappa shape index (κ2) is 3.96. The van der Waals surface area contributed by atoms with E-state index in [1.165, 1.54) is 0 Å². The maximum absolute atomic E-state index is 3.56. The van der Waals surface area contributed by atoms with Crippen molar-refractivity contribution in [3.8, 4) is 0 Å². The summed E-state index contributed by atoms with van der Waals surface area (Å²) < 4.78 is 0.